The van der Waals surface area contributed by atoms with Crippen molar-refractivity contribution in [1.29, 1.82) is 0 Å². The van der Waals surface area contributed by atoms with Gasteiger partial charge in [-0.05, 0) is 49.4 Å². The summed E-state index contributed by atoms with van der Waals surface area (Å²) >= 11 is 11.9. The molecule has 0 saturated heterocycles. The number of rotatable bonds is 4. The summed E-state index contributed by atoms with van der Waals surface area (Å²) in [5.41, 5.74) is 1.66. The molecule has 0 aliphatic carbocycles. The topological polar surface area (TPSA) is 69.8 Å². The minimum absolute atomic E-state index is 0.183. The predicted octanol–water partition coefficient (Wildman–Crippen LogP) is 4.08. The first-order valence-corrected chi connectivity index (χ1v) is 9.20. The Hall–Kier alpha value is -2.96. The van der Waals surface area contributed by atoms with Crippen LogP contribution >= 0.6 is 23.2 Å². The fourth-order valence-corrected chi connectivity index (χ4v) is 3.31. The third kappa shape index (κ3) is 3.32. The fourth-order valence-electron chi connectivity index (χ4n) is 3.00. The number of hydrogen-bond donors (Lipinski definition) is 0. The Morgan fingerprint density at radius 3 is 2.54 bits per heavy atom. The number of fused-ring (bicyclic) bond motifs is 1. The lowest BCUT2D eigenvalue weighted by molar-refractivity contribution is 0.0966. The van der Waals surface area contributed by atoms with Gasteiger partial charge in [-0.15, -0.1) is 0 Å². The third-order valence-electron chi connectivity index (χ3n) is 4.38. The molecular weight excluding hydrogens is 399 g/mol. The van der Waals surface area contributed by atoms with E-state index in [2.05, 4.69) is 10.2 Å². The van der Waals surface area contributed by atoms with Crippen LogP contribution in [0.3, 0.4) is 0 Å². The monoisotopic (exact) mass is 412 g/mol. The molecule has 0 aliphatic heterocycles. The molecule has 4 aromatic rings. The number of carbonyl (C=O) groups excluding carboxylic acids is 1. The number of carbonyl (C=O) groups is 1. The van der Waals surface area contributed by atoms with Gasteiger partial charge in [0.25, 0.3) is 5.56 Å². The Balaban J connectivity index is 1.81. The van der Waals surface area contributed by atoms with Gasteiger partial charge in [-0.2, -0.15) is 10.2 Å². The fraction of sp³-hybridized carbons (Fsp3) is 0.100. The van der Waals surface area contributed by atoms with Crippen molar-refractivity contribution in [3.63, 3.8) is 0 Å². The molecule has 0 unspecified atom stereocenters. The van der Waals surface area contributed by atoms with Crippen LogP contribution < -0.4 is 5.56 Å². The molecule has 2 heterocycles. The lowest BCUT2D eigenvalue weighted by Crippen LogP contribution is -2.28. The van der Waals surface area contributed by atoms with Crippen molar-refractivity contribution in [2.24, 2.45) is 0 Å². The standard InChI is InChI=1S/C20H14Cl2N4O2/c1-12-17-10-23-26(16-4-2-3-15(22)9-16)19(17)20(28)25(24-12)11-18(27)13-5-7-14(21)8-6-13/h2-10H,11H2,1H3. The van der Waals surface area contributed by atoms with Crippen LogP contribution in [0.4, 0.5) is 0 Å². The van der Waals surface area contributed by atoms with Crippen molar-refractivity contribution in [2.45, 2.75) is 13.5 Å². The van der Waals surface area contributed by atoms with E-state index < -0.39 is 5.56 Å². The molecule has 0 atom stereocenters. The molecule has 0 aliphatic rings. The van der Waals surface area contributed by atoms with E-state index in [0.717, 1.165) is 4.68 Å². The maximum atomic E-state index is 13.1. The van der Waals surface area contributed by atoms with Gasteiger partial charge in [0, 0.05) is 21.0 Å². The molecule has 140 valence electrons. The molecule has 0 N–H and O–H groups in total. The van der Waals surface area contributed by atoms with Gasteiger partial charge >= 0.3 is 0 Å². The maximum absolute atomic E-state index is 13.1. The summed E-state index contributed by atoms with van der Waals surface area (Å²) in [6, 6.07) is 13.5. The zero-order valence-electron chi connectivity index (χ0n) is 14.8. The summed E-state index contributed by atoms with van der Waals surface area (Å²) < 4.78 is 2.68. The van der Waals surface area contributed by atoms with Crippen LogP contribution in [-0.4, -0.2) is 25.3 Å². The van der Waals surface area contributed by atoms with Crippen molar-refractivity contribution in [3.05, 3.63) is 86.4 Å². The smallest absolute Gasteiger partial charge is 0.292 e. The van der Waals surface area contributed by atoms with E-state index in [1.54, 1.807) is 61.7 Å². The molecule has 28 heavy (non-hydrogen) atoms. The lowest BCUT2D eigenvalue weighted by atomic mass is 10.1. The van der Waals surface area contributed by atoms with Crippen LogP contribution in [0.1, 0.15) is 16.1 Å². The van der Waals surface area contributed by atoms with Crippen molar-refractivity contribution in [1.82, 2.24) is 19.6 Å². The Kier molecular flexibility index (Phi) is 4.75. The molecule has 2 aromatic heterocycles. The molecule has 8 heteroatoms. The van der Waals surface area contributed by atoms with Crippen LogP contribution in [-0.2, 0) is 6.54 Å². The molecule has 0 saturated carbocycles. The van der Waals surface area contributed by atoms with E-state index in [-0.39, 0.29) is 12.3 Å². The SMILES string of the molecule is Cc1nn(CC(=O)c2ccc(Cl)cc2)c(=O)c2c1cnn2-c1cccc(Cl)c1. The van der Waals surface area contributed by atoms with Gasteiger partial charge in [0.15, 0.2) is 5.78 Å². The molecule has 0 amide bonds. The lowest BCUT2D eigenvalue weighted by Gasteiger charge is -2.08. The average molecular weight is 413 g/mol. The largest absolute Gasteiger partial charge is 0.293 e. The summed E-state index contributed by atoms with van der Waals surface area (Å²) in [6.45, 7) is 1.59. The van der Waals surface area contributed by atoms with Crippen LogP contribution in [0, 0.1) is 6.92 Å². The Morgan fingerprint density at radius 2 is 1.82 bits per heavy atom. The highest BCUT2D eigenvalue weighted by molar-refractivity contribution is 6.31. The van der Waals surface area contributed by atoms with Crippen LogP contribution in [0.25, 0.3) is 16.6 Å². The molecule has 0 radical (unpaired) electrons. The quantitative estimate of drug-likeness (QED) is 0.473. The van der Waals surface area contributed by atoms with E-state index in [9.17, 15) is 9.59 Å². The van der Waals surface area contributed by atoms with Gasteiger partial charge in [0.2, 0.25) is 0 Å². The molecule has 0 bridgehead atoms. The van der Waals surface area contributed by atoms with Gasteiger partial charge in [0.1, 0.15) is 12.1 Å². The second-order valence-electron chi connectivity index (χ2n) is 6.28. The van der Waals surface area contributed by atoms with Crippen molar-refractivity contribution >= 4 is 39.9 Å². The van der Waals surface area contributed by atoms with Crippen molar-refractivity contribution < 1.29 is 4.79 Å². The highest BCUT2D eigenvalue weighted by Crippen LogP contribution is 2.20. The van der Waals surface area contributed by atoms with Crippen molar-refractivity contribution in [2.75, 3.05) is 0 Å². The second-order valence-corrected chi connectivity index (χ2v) is 7.15. The number of aromatic nitrogens is 4. The summed E-state index contributed by atoms with van der Waals surface area (Å²) in [5, 5.41) is 10.3. The highest BCUT2D eigenvalue weighted by atomic mass is 35.5. The number of nitrogens with zero attached hydrogens (tertiary/aromatic N) is 4. The van der Waals surface area contributed by atoms with Gasteiger partial charge in [-0.25, -0.2) is 9.36 Å². The van der Waals surface area contributed by atoms with E-state index >= 15 is 0 Å². The number of hydrogen-bond acceptors (Lipinski definition) is 4. The van der Waals surface area contributed by atoms with E-state index in [4.69, 9.17) is 23.2 Å². The first-order valence-electron chi connectivity index (χ1n) is 8.44. The van der Waals surface area contributed by atoms with E-state index in [1.165, 1.54) is 4.68 Å². The second kappa shape index (κ2) is 7.22. The Labute approximate surface area is 169 Å². The summed E-state index contributed by atoms with van der Waals surface area (Å²) in [5.74, 6) is -0.237. The number of halogens is 2. The predicted molar refractivity (Wildman–Crippen MR) is 109 cm³/mol. The number of Topliss-reactive ketones (excluding diaryl/α,β-unsaturated/α-hetero) is 1. The highest BCUT2D eigenvalue weighted by Gasteiger charge is 2.17. The molecule has 4 rings (SSSR count). The van der Waals surface area contributed by atoms with Gasteiger partial charge in [0.05, 0.1) is 17.6 Å². The normalized spacial score (nSPS) is 11.1. The molecule has 6 nitrogen and oxygen atoms in total. The minimum Gasteiger partial charge on any atom is -0.292 e. The average Bonchev–Trinajstić information content (AvgIpc) is 3.12. The number of ketones is 1. The summed E-state index contributed by atoms with van der Waals surface area (Å²) in [6.07, 6.45) is 1.59. The molecular formula is C20H14Cl2N4O2. The maximum Gasteiger partial charge on any atom is 0.293 e. The molecule has 2 aromatic carbocycles. The molecule has 0 fully saturated rings. The summed E-state index contributed by atoms with van der Waals surface area (Å²) in [7, 11) is 0. The van der Waals surface area contributed by atoms with E-state index in [1.807, 2.05) is 0 Å². The zero-order chi connectivity index (χ0) is 19.8. The van der Waals surface area contributed by atoms with Crippen LogP contribution in [0.2, 0.25) is 10.0 Å². The minimum atomic E-state index is -0.402. The Bertz CT molecular complexity index is 1260. The van der Waals surface area contributed by atoms with Crippen LogP contribution in [0.15, 0.2) is 59.5 Å². The van der Waals surface area contributed by atoms with Gasteiger partial charge in [-0.3, -0.25) is 9.59 Å². The van der Waals surface area contributed by atoms with Crippen LogP contribution in [0.5, 0.6) is 0 Å². The first-order chi connectivity index (χ1) is 13.4. The number of aryl methyl sites for hydroxylation is 1. The van der Waals surface area contributed by atoms with Gasteiger partial charge in [-0.1, -0.05) is 29.3 Å². The Morgan fingerprint density at radius 1 is 1.07 bits per heavy atom. The van der Waals surface area contributed by atoms with Crippen molar-refractivity contribution in [3.8, 4) is 5.69 Å². The van der Waals surface area contributed by atoms with E-state index in [0.29, 0.717) is 37.9 Å². The summed E-state index contributed by atoms with van der Waals surface area (Å²) in [4.78, 5) is 25.7. The van der Waals surface area contributed by atoms with Gasteiger partial charge < -0.3 is 0 Å². The third-order valence-corrected chi connectivity index (χ3v) is 4.87. The molecule has 0 spiro atoms. The number of benzene rings is 2. The first kappa shape index (κ1) is 18.4. The zero-order valence-corrected chi connectivity index (χ0v) is 16.3.